The van der Waals surface area contributed by atoms with Gasteiger partial charge in [0, 0.05) is 34.9 Å². The molecule has 1 aromatic rings. The van der Waals surface area contributed by atoms with Crippen LogP contribution < -0.4 is 10.6 Å². The van der Waals surface area contributed by atoms with Crippen LogP contribution in [0.3, 0.4) is 0 Å². The molecule has 1 aliphatic heterocycles. The van der Waals surface area contributed by atoms with E-state index in [1.54, 1.807) is 18.2 Å². The highest BCUT2D eigenvalue weighted by atomic mass is 127. The lowest BCUT2D eigenvalue weighted by atomic mass is 9.79. The van der Waals surface area contributed by atoms with Crippen molar-refractivity contribution in [1.29, 1.82) is 0 Å². The van der Waals surface area contributed by atoms with Gasteiger partial charge >= 0.3 is 29.8 Å². The Bertz CT molecular complexity index is 1880. The summed E-state index contributed by atoms with van der Waals surface area (Å²) in [4.78, 5) is 144. The quantitative estimate of drug-likeness (QED) is 0.0487. The number of carbonyl (C=O) groups excluding carboxylic acids is 7. The van der Waals surface area contributed by atoms with Crippen molar-refractivity contribution in [1.82, 2.24) is 30.4 Å². The number of carboxylic acids is 4. The molecule has 4 atom stereocenters. The molecule has 1 saturated heterocycles. The number of aliphatic hydroxyl groups excluding tert-OH is 1. The lowest BCUT2D eigenvalue weighted by Gasteiger charge is -2.31. The number of nitrogens with zero attached hydrogens (tertiary/aromatic N) is 4. The maximum atomic E-state index is 13.4. The van der Waals surface area contributed by atoms with Gasteiger partial charge in [-0.3, -0.25) is 43.2 Å². The number of hydrogen-bond acceptors (Lipinski definition) is 13. The van der Waals surface area contributed by atoms with Crippen LogP contribution in [-0.4, -0.2) is 169 Å². The summed E-state index contributed by atoms with van der Waals surface area (Å²) in [7, 11) is 0. The molecule has 6 amide bonds. The first-order chi connectivity index (χ1) is 29.2. The minimum absolute atomic E-state index is 0.0129. The highest BCUT2D eigenvalue weighted by Gasteiger charge is 2.38. The van der Waals surface area contributed by atoms with E-state index >= 15 is 0 Å². The summed E-state index contributed by atoms with van der Waals surface area (Å²) in [5.41, 5.74) is 0.434. The Morgan fingerprint density at radius 3 is 1.94 bits per heavy atom. The van der Waals surface area contributed by atoms with E-state index in [-0.39, 0.29) is 51.0 Å². The lowest BCUT2D eigenvalue weighted by Crippen LogP contribution is -2.52. The average molecular weight is 989 g/mol. The zero-order chi connectivity index (χ0) is 46.1. The van der Waals surface area contributed by atoms with Crippen molar-refractivity contribution in [2.75, 3.05) is 45.8 Å². The number of aliphatic carboxylic acids is 4. The molecule has 1 aliphatic carbocycles. The number of aliphatic hydroxyl groups is 1. The van der Waals surface area contributed by atoms with Crippen molar-refractivity contribution in [3.8, 4) is 0 Å². The SMILES string of the molecule is O=C(O)CN(CC(=O)N[C@H](CCCCNC(=O)c1cccc(I)c1)C(=O)O)C(=O)CN(CC(=O)O)C(=O)CN(CC(=O)O)C(=O)CC1CCCC(C(=O)ON2C(=O)CCC2O)C1. The zero-order valence-electron chi connectivity index (χ0n) is 33.4. The number of hydroxylamine groups is 2. The summed E-state index contributed by atoms with van der Waals surface area (Å²) in [6.07, 6.45) is 0.161. The van der Waals surface area contributed by atoms with Gasteiger partial charge in [-0.05, 0) is 85.2 Å². The second kappa shape index (κ2) is 24.5. The molecule has 1 aromatic carbocycles. The predicted octanol–water partition coefficient (Wildman–Crippen LogP) is -0.904. The molecule has 7 N–H and O–H groups in total. The highest BCUT2D eigenvalue weighted by Crippen LogP contribution is 2.33. The van der Waals surface area contributed by atoms with Crippen molar-refractivity contribution in [2.45, 2.75) is 76.5 Å². The first-order valence-corrected chi connectivity index (χ1v) is 20.6. The summed E-state index contributed by atoms with van der Waals surface area (Å²) >= 11 is 2.06. The summed E-state index contributed by atoms with van der Waals surface area (Å²) in [5, 5.41) is 53.6. The minimum Gasteiger partial charge on any atom is -0.480 e. The second-order valence-corrected chi connectivity index (χ2v) is 16.0. The molecule has 0 radical (unpaired) electrons. The van der Waals surface area contributed by atoms with Gasteiger partial charge in [0.15, 0.2) is 6.23 Å². The van der Waals surface area contributed by atoms with Crippen molar-refractivity contribution in [3.63, 3.8) is 0 Å². The molecule has 2 fully saturated rings. The predicted molar refractivity (Wildman–Crippen MR) is 216 cm³/mol. The number of benzene rings is 1. The van der Waals surface area contributed by atoms with Gasteiger partial charge in [0.25, 0.3) is 11.8 Å². The highest BCUT2D eigenvalue weighted by molar-refractivity contribution is 14.1. The van der Waals surface area contributed by atoms with E-state index in [9.17, 15) is 78.3 Å². The summed E-state index contributed by atoms with van der Waals surface area (Å²) in [6.45, 7) is -6.33. The fourth-order valence-corrected chi connectivity index (χ4v) is 7.33. The maximum absolute atomic E-state index is 13.4. The fraction of sp³-hybridized carbons (Fsp3) is 0.553. The Morgan fingerprint density at radius 2 is 1.39 bits per heavy atom. The number of unbranched alkanes of at least 4 members (excludes halogenated alkanes) is 1. The van der Waals surface area contributed by atoms with Gasteiger partial charge in [0.05, 0.1) is 5.92 Å². The number of carboxylic acid groups (broad SMARTS) is 4. The number of rotatable bonds is 24. The van der Waals surface area contributed by atoms with Gasteiger partial charge in [-0.15, -0.1) is 5.06 Å². The van der Waals surface area contributed by atoms with Crippen molar-refractivity contribution >= 4 is 87.9 Å². The van der Waals surface area contributed by atoms with Crippen LogP contribution in [0, 0.1) is 15.4 Å². The lowest BCUT2D eigenvalue weighted by molar-refractivity contribution is -0.224. The normalized spacial score (nSPS) is 17.5. The van der Waals surface area contributed by atoms with Crippen molar-refractivity contribution in [3.05, 3.63) is 33.4 Å². The molecule has 0 bridgehead atoms. The molecule has 1 heterocycles. The molecule has 24 heteroatoms. The first-order valence-electron chi connectivity index (χ1n) is 19.5. The second-order valence-electron chi connectivity index (χ2n) is 14.7. The van der Waals surface area contributed by atoms with Crippen LogP contribution in [0.2, 0.25) is 0 Å². The molecule has 3 unspecified atom stereocenters. The Labute approximate surface area is 367 Å². The van der Waals surface area contributed by atoms with E-state index in [4.69, 9.17) is 4.84 Å². The van der Waals surface area contributed by atoms with Crippen LogP contribution >= 0.6 is 22.6 Å². The monoisotopic (exact) mass is 988 g/mol. The van der Waals surface area contributed by atoms with Gasteiger partial charge in [0.2, 0.25) is 23.6 Å². The standard InChI is InChI=1S/C38H49IN6O17/c39-25-8-4-6-23(15-25)36(58)40-12-2-1-9-26(37(59)60)41-27(46)16-42(19-33(52)53)31(50)18-44(21-35(56)57)32(51)17-43(20-34(54)55)30(49)14-22-5-3-7-24(13-22)38(61)62-45-28(47)10-11-29(45)48/h4,6,8,15,22,24,26,28,47H,1-3,5,7,9-14,16-21H2,(H,40,58)(H,41,46)(H,52,53)(H,54,55)(H,56,57)(H,59,60)/t22?,24?,26-,28?/m1/s1. The third-order valence-electron chi connectivity index (χ3n) is 9.85. The number of halogens is 1. The molecular weight excluding hydrogens is 939 g/mol. The fourth-order valence-electron chi connectivity index (χ4n) is 6.79. The Balaban J connectivity index is 1.60. The van der Waals surface area contributed by atoms with Crippen LogP contribution in [0.5, 0.6) is 0 Å². The smallest absolute Gasteiger partial charge is 0.335 e. The van der Waals surface area contributed by atoms with Crippen LogP contribution in [0.1, 0.15) is 74.6 Å². The first kappa shape index (κ1) is 50.4. The molecule has 23 nitrogen and oxygen atoms in total. The summed E-state index contributed by atoms with van der Waals surface area (Å²) in [5.74, 6) is -13.7. The third kappa shape index (κ3) is 16.9. The van der Waals surface area contributed by atoms with Crippen molar-refractivity contribution in [2.24, 2.45) is 11.8 Å². The molecular formula is C38H49IN6O17. The maximum Gasteiger partial charge on any atom is 0.335 e. The van der Waals surface area contributed by atoms with Gasteiger partial charge in [-0.2, -0.15) is 0 Å². The molecule has 62 heavy (non-hydrogen) atoms. The number of nitrogens with one attached hydrogen (secondary N) is 2. The molecule has 1 saturated carbocycles. The van der Waals surface area contributed by atoms with Gasteiger partial charge in [-0.25, -0.2) is 9.59 Å². The summed E-state index contributed by atoms with van der Waals surface area (Å²) < 4.78 is 0.852. The van der Waals surface area contributed by atoms with Crippen molar-refractivity contribution < 1.29 is 83.1 Å². The van der Waals surface area contributed by atoms with Crippen LogP contribution in [0.4, 0.5) is 0 Å². The van der Waals surface area contributed by atoms with E-state index in [1.807, 2.05) is 6.07 Å². The van der Waals surface area contributed by atoms with Gasteiger partial charge in [-0.1, -0.05) is 12.5 Å². The van der Waals surface area contributed by atoms with E-state index < -0.39 is 123 Å². The van der Waals surface area contributed by atoms with Gasteiger partial charge < -0.3 is 55.7 Å². The van der Waals surface area contributed by atoms with Crippen LogP contribution in [0.15, 0.2) is 24.3 Å². The topological polar surface area (TPSA) is 335 Å². The number of amides is 6. The Morgan fingerprint density at radius 1 is 0.790 bits per heavy atom. The molecule has 2 aliphatic rings. The zero-order valence-corrected chi connectivity index (χ0v) is 35.6. The van der Waals surface area contributed by atoms with Crippen LogP contribution in [0.25, 0.3) is 0 Å². The minimum atomic E-state index is -1.65. The summed E-state index contributed by atoms with van der Waals surface area (Å²) in [6, 6.07) is 5.35. The largest absolute Gasteiger partial charge is 0.480 e. The number of carbonyl (C=O) groups is 11. The Kier molecular flexibility index (Phi) is 19.9. The van der Waals surface area contributed by atoms with E-state index in [0.29, 0.717) is 51.0 Å². The van der Waals surface area contributed by atoms with Crippen LogP contribution in [-0.2, 0) is 52.8 Å². The van der Waals surface area contributed by atoms with E-state index in [0.717, 1.165) is 3.57 Å². The van der Waals surface area contributed by atoms with Gasteiger partial charge in [0.1, 0.15) is 45.3 Å². The molecule has 0 aromatic heterocycles. The molecule has 340 valence electrons. The number of hydrogen-bond donors (Lipinski definition) is 7. The third-order valence-corrected chi connectivity index (χ3v) is 10.5. The average Bonchev–Trinajstić information content (AvgIpc) is 3.50. The molecule has 3 rings (SSSR count). The Hall–Kier alpha value is -5.92. The van der Waals surface area contributed by atoms with E-state index in [2.05, 4.69) is 33.2 Å². The molecule has 0 spiro atoms. The van der Waals surface area contributed by atoms with E-state index in [1.165, 1.54) is 0 Å².